The second kappa shape index (κ2) is 4.70. The molecule has 0 saturated heterocycles. The Hall–Kier alpha value is -3.14. The van der Waals surface area contributed by atoms with Crippen LogP contribution in [-0.2, 0) is 0 Å². The molecular formula is C18H11NO3. The SMILES string of the molecule is O=c1cc(-c2ccncc2)oc2c1cc(O)c1ccccc12. The second-order valence-electron chi connectivity index (χ2n) is 5.03. The molecule has 4 heteroatoms. The van der Waals surface area contributed by atoms with Crippen LogP contribution in [0.15, 0.2) is 70.1 Å². The molecule has 0 atom stereocenters. The number of aromatic nitrogens is 1. The minimum absolute atomic E-state index is 0.0760. The first-order valence-electron chi connectivity index (χ1n) is 6.83. The molecule has 4 nitrogen and oxygen atoms in total. The van der Waals surface area contributed by atoms with Gasteiger partial charge in [-0.3, -0.25) is 9.78 Å². The van der Waals surface area contributed by atoms with Gasteiger partial charge in [0.1, 0.15) is 17.1 Å². The lowest BCUT2D eigenvalue weighted by Crippen LogP contribution is -2.00. The third-order valence-electron chi connectivity index (χ3n) is 3.68. The van der Waals surface area contributed by atoms with Crippen molar-refractivity contribution in [3.05, 3.63) is 71.1 Å². The Morgan fingerprint density at radius 1 is 0.909 bits per heavy atom. The first kappa shape index (κ1) is 12.6. The molecule has 4 aromatic rings. The van der Waals surface area contributed by atoms with Crippen LogP contribution >= 0.6 is 0 Å². The van der Waals surface area contributed by atoms with Gasteiger partial charge in [0.2, 0.25) is 0 Å². The molecule has 0 radical (unpaired) electrons. The summed E-state index contributed by atoms with van der Waals surface area (Å²) < 4.78 is 5.96. The highest BCUT2D eigenvalue weighted by molar-refractivity contribution is 6.07. The maximum atomic E-state index is 12.4. The number of hydrogen-bond donors (Lipinski definition) is 1. The topological polar surface area (TPSA) is 63.3 Å². The van der Waals surface area contributed by atoms with Crippen molar-refractivity contribution >= 4 is 21.7 Å². The van der Waals surface area contributed by atoms with Gasteiger partial charge in [-0.25, -0.2) is 0 Å². The summed E-state index contributed by atoms with van der Waals surface area (Å²) in [6, 6.07) is 13.8. The largest absolute Gasteiger partial charge is 0.507 e. The smallest absolute Gasteiger partial charge is 0.193 e. The lowest BCUT2D eigenvalue weighted by Gasteiger charge is -2.07. The molecule has 22 heavy (non-hydrogen) atoms. The average Bonchev–Trinajstić information content (AvgIpc) is 2.57. The van der Waals surface area contributed by atoms with Crippen molar-refractivity contribution in [1.29, 1.82) is 0 Å². The molecule has 0 fully saturated rings. The summed E-state index contributed by atoms with van der Waals surface area (Å²) >= 11 is 0. The van der Waals surface area contributed by atoms with Crippen LogP contribution in [0.3, 0.4) is 0 Å². The van der Waals surface area contributed by atoms with Gasteiger partial charge in [0.15, 0.2) is 5.43 Å². The van der Waals surface area contributed by atoms with Gasteiger partial charge in [-0.05, 0) is 18.2 Å². The lowest BCUT2D eigenvalue weighted by atomic mass is 10.0. The van der Waals surface area contributed by atoms with Gasteiger partial charge >= 0.3 is 0 Å². The first-order chi connectivity index (χ1) is 10.7. The van der Waals surface area contributed by atoms with E-state index in [1.807, 2.05) is 18.2 Å². The van der Waals surface area contributed by atoms with E-state index in [0.29, 0.717) is 27.5 Å². The minimum atomic E-state index is -0.186. The van der Waals surface area contributed by atoms with Crippen molar-refractivity contribution < 1.29 is 9.52 Å². The fraction of sp³-hybridized carbons (Fsp3) is 0. The van der Waals surface area contributed by atoms with Crippen molar-refractivity contribution in [1.82, 2.24) is 4.98 Å². The van der Waals surface area contributed by atoms with Crippen molar-refractivity contribution in [3.8, 4) is 17.1 Å². The van der Waals surface area contributed by atoms with E-state index in [2.05, 4.69) is 4.98 Å². The molecule has 4 rings (SSSR count). The zero-order valence-electron chi connectivity index (χ0n) is 11.5. The molecule has 0 aliphatic rings. The number of fused-ring (bicyclic) bond motifs is 3. The highest BCUT2D eigenvalue weighted by Gasteiger charge is 2.12. The Bertz CT molecular complexity index is 1050. The van der Waals surface area contributed by atoms with E-state index in [4.69, 9.17) is 4.42 Å². The number of pyridine rings is 1. The Kier molecular flexibility index (Phi) is 2.69. The Labute approximate surface area is 125 Å². The molecule has 1 N–H and O–H groups in total. The number of nitrogens with zero attached hydrogens (tertiary/aromatic N) is 1. The number of aromatic hydroxyl groups is 1. The second-order valence-corrected chi connectivity index (χ2v) is 5.03. The van der Waals surface area contributed by atoms with E-state index in [9.17, 15) is 9.90 Å². The minimum Gasteiger partial charge on any atom is -0.507 e. The number of benzene rings is 2. The van der Waals surface area contributed by atoms with E-state index >= 15 is 0 Å². The number of hydrogen-bond acceptors (Lipinski definition) is 4. The molecule has 0 unspecified atom stereocenters. The van der Waals surface area contributed by atoms with Gasteiger partial charge in [0, 0.05) is 34.8 Å². The number of rotatable bonds is 1. The molecule has 2 heterocycles. The molecule has 0 amide bonds. The van der Waals surface area contributed by atoms with Gasteiger partial charge in [-0.2, -0.15) is 0 Å². The molecule has 2 aromatic carbocycles. The summed E-state index contributed by atoms with van der Waals surface area (Å²) in [6.07, 6.45) is 3.29. The standard InChI is InChI=1S/C18H11NO3/c20-15-9-14-16(21)10-17(11-5-7-19-8-6-11)22-18(14)13-4-2-1-3-12(13)15/h1-10,20H. The first-order valence-corrected chi connectivity index (χ1v) is 6.83. The summed E-state index contributed by atoms with van der Waals surface area (Å²) in [6.45, 7) is 0. The molecule has 0 spiro atoms. The normalized spacial score (nSPS) is 11.1. The predicted molar refractivity (Wildman–Crippen MR) is 84.9 cm³/mol. The van der Waals surface area contributed by atoms with Crippen LogP contribution in [-0.4, -0.2) is 10.1 Å². The Morgan fingerprint density at radius 3 is 2.41 bits per heavy atom. The molecule has 2 aromatic heterocycles. The predicted octanol–water partition coefficient (Wildman–Crippen LogP) is 3.71. The van der Waals surface area contributed by atoms with Gasteiger partial charge < -0.3 is 9.52 Å². The van der Waals surface area contributed by atoms with Crippen LogP contribution in [0.2, 0.25) is 0 Å². The molecule has 0 bridgehead atoms. The third kappa shape index (κ3) is 1.85. The van der Waals surface area contributed by atoms with Crippen molar-refractivity contribution in [2.45, 2.75) is 0 Å². The van der Waals surface area contributed by atoms with Gasteiger partial charge in [0.25, 0.3) is 0 Å². The zero-order valence-corrected chi connectivity index (χ0v) is 11.5. The Morgan fingerprint density at radius 2 is 1.64 bits per heavy atom. The van der Waals surface area contributed by atoms with E-state index in [1.165, 1.54) is 12.1 Å². The number of phenols is 1. The zero-order chi connectivity index (χ0) is 15.1. The highest BCUT2D eigenvalue weighted by Crippen LogP contribution is 2.33. The molecule has 106 valence electrons. The third-order valence-corrected chi connectivity index (χ3v) is 3.68. The fourth-order valence-corrected chi connectivity index (χ4v) is 2.62. The lowest BCUT2D eigenvalue weighted by molar-refractivity contribution is 0.482. The van der Waals surface area contributed by atoms with E-state index < -0.39 is 0 Å². The average molecular weight is 289 g/mol. The van der Waals surface area contributed by atoms with E-state index in [-0.39, 0.29) is 11.2 Å². The fourth-order valence-electron chi connectivity index (χ4n) is 2.62. The quantitative estimate of drug-likeness (QED) is 0.542. The van der Waals surface area contributed by atoms with Crippen LogP contribution in [0.1, 0.15) is 0 Å². The summed E-state index contributed by atoms with van der Waals surface area (Å²) in [4.78, 5) is 16.3. The molecule has 0 saturated carbocycles. The maximum Gasteiger partial charge on any atom is 0.193 e. The van der Waals surface area contributed by atoms with Crippen LogP contribution in [0, 0.1) is 0 Å². The monoisotopic (exact) mass is 289 g/mol. The van der Waals surface area contributed by atoms with Gasteiger partial charge in [0.05, 0.1) is 5.39 Å². The van der Waals surface area contributed by atoms with E-state index in [0.717, 1.165) is 5.56 Å². The van der Waals surface area contributed by atoms with Crippen molar-refractivity contribution in [2.24, 2.45) is 0 Å². The highest BCUT2D eigenvalue weighted by atomic mass is 16.3. The summed E-state index contributed by atoms with van der Waals surface area (Å²) in [5, 5.41) is 11.8. The summed E-state index contributed by atoms with van der Waals surface area (Å²) in [5.41, 5.74) is 1.08. The van der Waals surface area contributed by atoms with Crippen molar-refractivity contribution in [2.75, 3.05) is 0 Å². The number of phenolic OH excluding ortho intramolecular Hbond substituents is 1. The molecular weight excluding hydrogens is 278 g/mol. The van der Waals surface area contributed by atoms with Crippen molar-refractivity contribution in [3.63, 3.8) is 0 Å². The van der Waals surface area contributed by atoms with Crippen LogP contribution in [0.4, 0.5) is 0 Å². The van der Waals surface area contributed by atoms with Gasteiger partial charge in [-0.1, -0.05) is 24.3 Å². The molecule has 0 aliphatic carbocycles. The maximum absolute atomic E-state index is 12.4. The van der Waals surface area contributed by atoms with Crippen LogP contribution in [0.5, 0.6) is 5.75 Å². The van der Waals surface area contributed by atoms with Crippen LogP contribution in [0.25, 0.3) is 33.1 Å². The Balaban J connectivity index is 2.15. The van der Waals surface area contributed by atoms with Gasteiger partial charge in [-0.15, -0.1) is 0 Å². The van der Waals surface area contributed by atoms with Crippen LogP contribution < -0.4 is 5.43 Å². The summed E-state index contributed by atoms with van der Waals surface area (Å²) in [5.74, 6) is 0.558. The van der Waals surface area contributed by atoms with E-state index in [1.54, 1.807) is 30.6 Å². The summed E-state index contributed by atoms with van der Waals surface area (Å²) in [7, 11) is 0. The molecule has 0 aliphatic heterocycles.